The van der Waals surface area contributed by atoms with Crippen LogP contribution in [0.5, 0.6) is 0 Å². The molecule has 4 rings (SSSR count). The maximum atomic E-state index is 12.3. The van der Waals surface area contributed by atoms with Gasteiger partial charge in [-0.2, -0.15) is 0 Å². The van der Waals surface area contributed by atoms with Gasteiger partial charge in [0, 0.05) is 32.4 Å². The minimum atomic E-state index is -1.13. The number of benzene rings is 1. The lowest BCUT2D eigenvalue weighted by Gasteiger charge is -2.31. The molecule has 0 radical (unpaired) electrons. The van der Waals surface area contributed by atoms with Gasteiger partial charge in [0.2, 0.25) is 0 Å². The molecule has 8 nitrogen and oxygen atoms in total. The number of carbonyl (C=O) groups is 1. The van der Waals surface area contributed by atoms with Crippen molar-refractivity contribution in [2.75, 3.05) is 6.54 Å². The van der Waals surface area contributed by atoms with Crippen LogP contribution in [0.2, 0.25) is 0 Å². The second kappa shape index (κ2) is 11.5. The van der Waals surface area contributed by atoms with Crippen molar-refractivity contribution in [3.05, 3.63) is 76.4 Å². The molecule has 1 aliphatic heterocycles. The molecular formula is C29H39N5O3. The molecule has 37 heavy (non-hydrogen) atoms. The Kier molecular flexibility index (Phi) is 8.39. The molecule has 0 fully saturated rings. The zero-order chi connectivity index (χ0) is 26.6. The summed E-state index contributed by atoms with van der Waals surface area (Å²) >= 11 is 0. The van der Waals surface area contributed by atoms with Crippen LogP contribution >= 0.6 is 0 Å². The quantitative estimate of drug-likeness (QED) is 0.416. The zero-order valence-electron chi connectivity index (χ0n) is 22.6. The van der Waals surface area contributed by atoms with Gasteiger partial charge < -0.3 is 9.84 Å². The van der Waals surface area contributed by atoms with Gasteiger partial charge in [0.25, 0.3) is 0 Å². The Labute approximate surface area is 219 Å². The summed E-state index contributed by atoms with van der Waals surface area (Å²) in [4.78, 5) is 19.4. The fourth-order valence-electron chi connectivity index (χ4n) is 5.04. The largest absolute Gasteiger partial charge is 0.481 e. The third kappa shape index (κ3) is 6.25. The van der Waals surface area contributed by atoms with Gasteiger partial charge in [0.05, 0.1) is 30.0 Å². The molecule has 0 aliphatic carbocycles. The number of fused-ring (bicyclic) bond motifs is 1. The molecule has 0 spiro atoms. The number of hydrogen-bond donors (Lipinski definition) is 1. The number of aliphatic carboxylic acids is 1. The lowest BCUT2D eigenvalue weighted by Crippen LogP contribution is -2.33. The lowest BCUT2D eigenvalue weighted by molar-refractivity contribution is -0.158. The van der Waals surface area contributed by atoms with Crippen LogP contribution in [-0.4, -0.2) is 42.5 Å². The maximum absolute atomic E-state index is 12.3. The van der Waals surface area contributed by atoms with E-state index in [0.717, 1.165) is 43.7 Å². The molecule has 2 atom stereocenters. The number of nitrogens with zero attached hydrogens (tertiary/aromatic N) is 5. The predicted octanol–water partition coefficient (Wildman–Crippen LogP) is 4.95. The summed E-state index contributed by atoms with van der Waals surface area (Å²) in [5.41, 5.74) is 5.27. The molecule has 3 aromatic rings. The summed E-state index contributed by atoms with van der Waals surface area (Å²) in [6.07, 6.45) is 5.24. The van der Waals surface area contributed by atoms with Crippen LogP contribution in [0.3, 0.4) is 0 Å². The highest BCUT2D eigenvalue weighted by atomic mass is 16.5. The highest BCUT2D eigenvalue weighted by Gasteiger charge is 2.39. The van der Waals surface area contributed by atoms with E-state index in [-0.39, 0.29) is 6.61 Å². The first kappa shape index (κ1) is 26.9. The van der Waals surface area contributed by atoms with Gasteiger partial charge in [-0.15, -0.1) is 5.10 Å². The normalized spacial score (nSPS) is 17.3. The first-order valence-corrected chi connectivity index (χ1v) is 13.2. The average molecular weight is 506 g/mol. The number of ether oxygens (including phenoxy) is 1. The minimum absolute atomic E-state index is 0.192. The van der Waals surface area contributed by atoms with Crippen LogP contribution in [0.1, 0.15) is 73.9 Å². The second-order valence-corrected chi connectivity index (χ2v) is 10.7. The molecule has 2 aromatic heterocycles. The minimum Gasteiger partial charge on any atom is -0.481 e. The summed E-state index contributed by atoms with van der Waals surface area (Å²) in [6.45, 7) is 13.3. The molecule has 0 saturated carbocycles. The first-order valence-electron chi connectivity index (χ1n) is 13.2. The predicted molar refractivity (Wildman–Crippen MR) is 142 cm³/mol. The van der Waals surface area contributed by atoms with Crippen LogP contribution in [0.15, 0.2) is 42.7 Å². The third-order valence-corrected chi connectivity index (χ3v) is 7.54. The van der Waals surface area contributed by atoms with E-state index in [1.807, 2.05) is 31.5 Å². The second-order valence-electron chi connectivity index (χ2n) is 10.7. The number of carboxylic acids is 1. The van der Waals surface area contributed by atoms with E-state index in [1.54, 1.807) is 18.5 Å². The number of pyridine rings is 1. The summed E-state index contributed by atoms with van der Waals surface area (Å²) in [5.74, 6) is -0.328. The molecule has 0 amide bonds. The Morgan fingerprint density at radius 3 is 2.78 bits per heavy atom. The summed E-state index contributed by atoms with van der Waals surface area (Å²) < 4.78 is 8.00. The highest BCUT2D eigenvalue weighted by molar-refractivity contribution is 5.74. The molecule has 1 aliphatic rings. The van der Waals surface area contributed by atoms with Gasteiger partial charge in [-0.05, 0) is 68.4 Å². The summed E-state index contributed by atoms with van der Waals surface area (Å²) in [6, 6.07) is 10.4. The van der Waals surface area contributed by atoms with Gasteiger partial charge in [-0.1, -0.05) is 42.8 Å². The molecule has 0 unspecified atom stereocenters. The van der Waals surface area contributed by atoms with Crippen LogP contribution in [-0.2, 0) is 42.2 Å². The molecule has 3 heterocycles. The van der Waals surface area contributed by atoms with Crippen LogP contribution < -0.4 is 0 Å². The van der Waals surface area contributed by atoms with Crippen molar-refractivity contribution in [2.24, 2.45) is 11.3 Å². The molecule has 0 bridgehead atoms. The monoisotopic (exact) mass is 505 g/mol. The third-order valence-electron chi connectivity index (χ3n) is 7.54. The van der Waals surface area contributed by atoms with Crippen molar-refractivity contribution in [3.8, 4) is 0 Å². The smallest absolute Gasteiger partial charge is 0.312 e. The van der Waals surface area contributed by atoms with Gasteiger partial charge in [0.1, 0.15) is 5.69 Å². The highest BCUT2D eigenvalue weighted by Crippen LogP contribution is 2.38. The van der Waals surface area contributed by atoms with E-state index in [4.69, 9.17) is 4.74 Å². The molecule has 8 heteroatoms. The number of aromatic nitrogens is 4. The van der Waals surface area contributed by atoms with Crippen molar-refractivity contribution < 1.29 is 14.6 Å². The molecule has 1 aromatic carbocycles. The summed E-state index contributed by atoms with van der Waals surface area (Å²) in [5, 5.41) is 18.3. The molecular weight excluding hydrogens is 466 g/mol. The van der Waals surface area contributed by atoms with Gasteiger partial charge in [-0.25, -0.2) is 0 Å². The topological polar surface area (TPSA) is 93.4 Å². The van der Waals surface area contributed by atoms with E-state index in [9.17, 15) is 9.90 Å². The van der Waals surface area contributed by atoms with Crippen molar-refractivity contribution in [2.45, 2.75) is 79.8 Å². The van der Waals surface area contributed by atoms with Gasteiger partial charge >= 0.3 is 5.97 Å². The molecule has 1 N–H and O–H groups in total. The Morgan fingerprint density at radius 2 is 2.08 bits per heavy atom. The van der Waals surface area contributed by atoms with E-state index >= 15 is 0 Å². The van der Waals surface area contributed by atoms with E-state index in [2.05, 4.69) is 52.2 Å². The zero-order valence-corrected chi connectivity index (χ0v) is 22.6. The Morgan fingerprint density at radius 1 is 1.27 bits per heavy atom. The number of aryl methyl sites for hydroxylation is 2. The van der Waals surface area contributed by atoms with E-state index in [1.165, 1.54) is 16.7 Å². The van der Waals surface area contributed by atoms with Crippen LogP contribution in [0.4, 0.5) is 0 Å². The van der Waals surface area contributed by atoms with Crippen molar-refractivity contribution in [1.29, 1.82) is 0 Å². The number of rotatable bonds is 10. The van der Waals surface area contributed by atoms with Gasteiger partial charge in [-0.3, -0.25) is 19.4 Å². The molecule has 198 valence electrons. The Hall–Kier alpha value is -3.10. The summed E-state index contributed by atoms with van der Waals surface area (Å²) in [7, 11) is 0. The fourth-order valence-corrected chi connectivity index (χ4v) is 5.04. The lowest BCUT2D eigenvalue weighted by atomic mass is 9.81. The van der Waals surface area contributed by atoms with Crippen LogP contribution in [0, 0.1) is 18.3 Å². The maximum Gasteiger partial charge on any atom is 0.312 e. The average Bonchev–Trinajstić information content (AvgIpc) is 3.26. The molecule has 0 saturated heterocycles. The number of carboxylic acid groups (broad SMARTS) is 1. The van der Waals surface area contributed by atoms with Crippen molar-refractivity contribution >= 4 is 5.97 Å². The van der Waals surface area contributed by atoms with Gasteiger partial charge in [0.15, 0.2) is 0 Å². The first-order chi connectivity index (χ1) is 17.7. The standard InChI is InChI=1S/C29H39N5O3/c1-6-21-13-22-9-8-12-30-26(22)18-33(15-21)16-24-14-23(11-10-20(24)3)27(29(4,5)28(35)36)37-19-25-17-34(7-2)32-31-25/h8-12,14,17,21,27H,6-7,13,15-16,18-19H2,1-5H3,(H,35,36)/t21-,27+/m0/s1. The van der Waals surface area contributed by atoms with Crippen molar-refractivity contribution in [1.82, 2.24) is 24.9 Å². The number of hydrogen-bond acceptors (Lipinski definition) is 6. The fraction of sp³-hybridized carbons (Fsp3) is 0.517. The van der Waals surface area contributed by atoms with E-state index < -0.39 is 17.5 Å². The Balaban J connectivity index is 1.60. The Bertz CT molecular complexity index is 1220. The SMILES string of the molecule is CC[C@H]1Cc2cccnc2CN(Cc2cc([C@@H](OCc3cn(CC)nn3)C(C)(C)C(=O)O)ccc2C)C1. The van der Waals surface area contributed by atoms with Crippen molar-refractivity contribution in [3.63, 3.8) is 0 Å². The van der Waals surface area contributed by atoms with E-state index in [0.29, 0.717) is 18.2 Å². The van der Waals surface area contributed by atoms with Crippen LogP contribution in [0.25, 0.3) is 0 Å².